The van der Waals surface area contributed by atoms with Crippen molar-refractivity contribution in [3.05, 3.63) is 99.5 Å². The lowest BCUT2D eigenvalue weighted by Crippen LogP contribution is -2.30. The Hall–Kier alpha value is -3.67. The van der Waals surface area contributed by atoms with Crippen molar-refractivity contribution in [2.75, 3.05) is 7.11 Å². The van der Waals surface area contributed by atoms with E-state index in [9.17, 15) is 9.59 Å². The van der Waals surface area contributed by atoms with Crippen LogP contribution in [0.15, 0.2) is 76.8 Å². The van der Waals surface area contributed by atoms with Crippen LogP contribution in [0.3, 0.4) is 0 Å². The molecule has 142 valence electrons. The summed E-state index contributed by atoms with van der Waals surface area (Å²) in [5, 5.41) is 3.92. The summed E-state index contributed by atoms with van der Waals surface area (Å²) in [4.78, 5) is 25.0. The van der Waals surface area contributed by atoms with Crippen LogP contribution in [0.4, 0.5) is 0 Å². The van der Waals surface area contributed by atoms with E-state index in [0.29, 0.717) is 6.54 Å². The Labute approximate surface area is 163 Å². The van der Waals surface area contributed by atoms with Crippen LogP contribution in [0.25, 0.3) is 0 Å². The Morgan fingerprint density at radius 2 is 1.82 bits per heavy atom. The van der Waals surface area contributed by atoms with Crippen LogP contribution in [-0.2, 0) is 6.54 Å². The maximum Gasteiger partial charge on any atom is 0.276 e. The van der Waals surface area contributed by atoms with Gasteiger partial charge in [-0.05, 0) is 54.4 Å². The average molecular weight is 375 g/mol. The van der Waals surface area contributed by atoms with Gasteiger partial charge < -0.3 is 9.30 Å². The normalized spacial score (nSPS) is 10.8. The molecule has 0 radical (unpaired) electrons. The number of nitrogens with zero attached hydrogens (tertiary/aromatic N) is 2. The summed E-state index contributed by atoms with van der Waals surface area (Å²) in [6.45, 7) is 2.41. The molecule has 6 nitrogen and oxygen atoms in total. The van der Waals surface area contributed by atoms with E-state index in [1.165, 1.54) is 16.8 Å². The van der Waals surface area contributed by atoms with Gasteiger partial charge in [0.05, 0.1) is 19.9 Å². The van der Waals surface area contributed by atoms with E-state index in [1.54, 1.807) is 31.5 Å². The van der Waals surface area contributed by atoms with Crippen molar-refractivity contribution in [2.24, 2.45) is 5.10 Å². The molecule has 0 aliphatic rings. The van der Waals surface area contributed by atoms with Crippen molar-refractivity contribution in [3.8, 4) is 5.75 Å². The molecule has 3 rings (SSSR count). The van der Waals surface area contributed by atoms with Gasteiger partial charge in [0.25, 0.3) is 11.5 Å². The van der Waals surface area contributed by atoms with Crippen molar-refractivity contribution < 1.29 is 9.53 Å². The van der Waals surface area contributed by atoms with Crippen molar-refractivity contribution in [3.63, 3.8) is 0 Å². The number of ether oxygens (including phenoxy) is 1. The van der Waals surface area contributed by atoms with Gasteiger partial charge >= 0.3 is 0 Å². The van der Waals surface area contributed by atoms with E-state index < -0.39 is 5.91 Å². The zero-order valence-corrected chi connectivity index (χ0v) is 15.8. The fraction of sp³-hybridized carbons (Fsp3) is 0.136. The monoisotopic (exact) mass is 375 g/mol. The first-order chi connectivity index (χ1) is 13.6. The predicted octanol–water partition coefficient (Wildman–Crippen LogP) is 2.98. The molecule has 1 N–H and O–H groups in total. The maximum atomic E-state index is 12.6. The number of rotatable bonds is 6. The third kappa shape index (κ3) is 4.73. The first-order valence-electron chi connectivity index (χ1n) is 8.79. The third-order valence-corrected chi connectivity index (χ3v) is 4.23. The highest BCUT2D eigenvalue weighted by Crippen LogP contribution is 2.09. The Balaban J connectivity index is 1.70. The van der Waals surface area contributed by atoms with E-state index in [1.807, 2.05) is 43.3 Å². The SMILES string of the molecule is COc1ccc(/C=N\NC(=O)c2cccn(Cc3ccc(C)cc3)c2=O)cc1. The predicted molar refractivity (Wildman–Crippen MR) is 109 cm³/mol. The average Bonchev–Trinajstić information content (AvgIpc) is 2.71. The van der Waals surface area contributed by atoms with E-state index >= 15 is 0 Å². The fourth-order valence-corrected chi connectivity index (χ4v) is 2.64. The van der Waals surface area contributed by atoms with Gasteiger partial charge in [-0.1, -0.05) is 29.8 Å². The highest BCUT2D eigenvalue weighted by molar-refractivity contribution is 5.94. The van der Waals surface area contributed by atoms with E-state index in [-0.39, 0.29) is 11.1 Å². The van der Waals surface area contributed by atoms with Crippen LogP contribution >= 0.6 is 0 Å². The van der Waals surface area contributed by atoms with Gasteiger partial charge in [0.2, 0.25) is 0 Å². The summed E-state index contributed by atoms with van der Waals surface area (Å²) >= 11 is 0. The summed E-state index contributed by atoms with van der Waals surface area (Å²) in [7, 11) is 1.59. The molecule has 0 fully saturated rings. The number of carbonyl (C=O) groups is 1. The van der Waals surface area contributed by atoms with Gasteiger partial charge in [0.1, 0.15) is 11.3 Å². The van der Waals surface area contributed by atoms with Crippen LogP contribution in [0.5, 0.6) is 5.75 Å². The molecule has 0 saturated carbocycles. The Bertz CT molecular complexity index is 1040. The minimum atomic E-state index is -0.548. The lowest BCUT2D eigenvalue weighted by Gasteiger charge is -2.08. The third-order valence-electron chi connectivity index (χ3n) is 4.23. The Kier molecular flexibility index (Phi) is 6.01. The molecular formula is C22H21N3O3. The fourth-order valence-electron chi connectivity index (χ4n) is 2.64. The lowest BCUT2D eigenvalue weighted by molar-refractivity contribution is 0.0953. The molecule has 1 heterocycles. The molecule has 6 heteroatoms. The quantitative estimate of drug-likeness (QED) is 0.532. The zero-order valence-electron chi connectivity index (χ0n) is 15.8. The summed E-state index contributed by atoms with van der Waals surface area (Å²) in [6, 6.07) is 18.3. The highest BCUT2D eigenvalue weighted by Gasteiger charge is 2.11. The second-order valence-electron chi connectivity index (χ2n) is 6.31. The van der Waals surface area contributed by atoms with Gasteiger partial charge in [-0.3, -0.25) is 9.59 Å². The molecule has 0 unspecified atom stereocenters. The number of nitrogens with one attached hydrogen (secondary N) is 1. The Morgan fingerprint density at radius 3 is 2.50 bits per heavy atom. The highest BCUT2D eigenvalue weighted by atomic mass is 16.5. The van der Waals surface area contributed by atoms with Crippen LogP contribution in [-0.4, -0.2) is 23.8 Å². The molecule has 0 aliphatic heterocycles. The largest absolute Gasteiger partial charge is 0.497 e. The smallest absolute Gasteiger partial charge is 0.276 e. The van der Waals surface area contributed by atoms with Crippen molar-refractivity contribution in [1.82, 2.24) is 9.99 Å². The number of aromatic nitrogens is 1. The van der Waals surface area contributed by atoms with Crippen LogP contribution < -0.4 is 15.7 Å². The molecule has 3 aromatic rings. The van der Waals surface area contributed by atoms with Crippen molar-refractivity contribution >= 4 is 12.1 Å². The molecule has 0 bridgehead atoms. The number of hydrazone groups is 1. The van der Waals surface area contributed by atoms with Crippen LogP contribution in [0.1, 0.15) is 27.0 Å². The number of aryl methyl sites for hydroxylation is 1. The van der Waals surface area contributed by atoms with E-state index in [0.717, 1.165) is 22.4 Å². The Morgan fingerprint density at radius 1 is 1.11 bits per heavy atom. The molecule has 2 aromatic carbocycles. The number of methoxy groups -OCH3 is 1. The molecule has 1 aromatic heterocycles. The zero-order chi connectivity index (χ0) is 19.9. The number of amides is 1. The molecule has 0 saturated heterocycles. The molecule has 1 amide bonds. The summed E-state index contributed by atoms with van der Waals surface area (Å²) in [5.41, 5.74) is 5.02. The summed E-state index contributed by atoms with van der Waals surface area (Å²) < 4.78 is 6.60. The standard InChI is InChI=1S/C22H21N3O3/c1-16-5-7-18(8-6-16)15-25-13-3-4-20(22(25)27)21(26)24-23-14-17-9-11-19(28-2)12-10-17/h3-14H,15H2,1-2H3,(H,24,26)/b23-14-. The van der Waals surface area contributed by atoms with Gasteiger partial charge in [-0.15, -0.1) is 0 Å². The molecule has 0 aliphatic carbocycles. The van der Waals surface area contributed by atoms with Crippen molar-refractivity contribution in [2.45, 2.75) is 13.5 Å². The second-order valence-corrected chi connectivity index (χ2v) is 6.31. The molecule has 28 heavy (non-hydrogen) atoms. The van der Waals surface area contributed by atoms with Gasteiger partial charge in [0, 0.05) is 6.20 Å². The first kappa shape index (κ1) is 19.1. The van der Waals surface area contributed by atoms with Crippen molar-refractivity contribution in [1.29, 1.82) is 0 Å². The van der Waals surface area contributed by atoms with E-state index in [4.69, 9.17) is 4.74 Å². The molecular weight excluding hydrogens is 354 g/mol. The van der Waals surface area contributed by atoms with Gasteiger partial charge in [-0.2, -0.15) is 5.10 Å². The topological polar surface area (TPSA) is 72.7 Å². The van der Waals surface area contributed by atoms with Gasteiger partial charge in [-0.25, -0.2) is 5.43 Å². The van der Waals surface area contributed by atoms with E-state index in [2.05, 4.69) is 10.5 Å². The lowest BCUT2D eigenvalue weighted by atomic mass is 10.1. The summed E-state index contributed by atoms with van der Waals surface area (Å²) in [6.07, 6.45) is 3.17. The maximum absolute atomic E-state index is 12.6. The number of benzene rings is 2. The number of carbonyl (C=O) groups excluding carboxylic acids is 1. The first-order valence-corrected chi connectivity index (χ1v) is 8.79. The number of hydrogen-bond acceptors (Lipinski definition) is 4. The molecule has 0 atom stereocenters. The summed E-state index contributed by atoms with van der Waals surface area (Å²) in [5.74, 6) is 0.188. The van der Waals surface area contributed by atoms with Crippen LogP contribution in [0, 0.1) is 6.92 Å². The van der Waals surface area contributed by atoms with Gasteiger partial charge in [0.15, 0.2) is 0 Å². The number of hydrogen-bond donors (Lipinski definition) is 1. The minimum Gasteiger partial charge on any atom is -0.497 e. The number of pyridine rings is 1. The minimum absolute atomic E-state index is 0.0430. The molecule has 0 spiro atoms. The second kappa shape index (κ2) is 8.81. The van der Waals surface area contributed by atoms with Crippen LogP contribution in [0.2, 0.25) is 0 Å².